The van der Waals surface area contributed by atoms with Crippen LogP contribution in [0, 0.1) is 11.8 Å². The number of esters is 2. The molecule has 14 heteroatoms. The Morgan fingerprint density at radius 1 is 0.482 bits per heavy atom. The lowest BCUT2D eigenvalue weighted by molar-refractivity contribution is 0.0719. The van der Waals surface area contributed by atoms with Crippen LogP contribution in [0.1, 0.15) is 44.7 Å². The smallest absolute Gasteiger partial charge is 0.343 e. The first-order valence-electron chi connectivity index (χ1n) is 17.7. The van der Waals surface area contributed by atoms with Crippen molar-refractivity contribution in [2.75, 3.05) is 70.1 Å². The normalized spacial score (nSPS) is 11.8. The van der Waals surface area contributed by atoms with Crippen molar-refractivity contribution in [1.29, 1.82) is 0 Å². The molecule has 2 N–H and O–H groups in total. The van der Waals surface area contributed by atoms with Gasteiger partial charge in [0.05, 0.1) is 68.0 Å². The van der Waals surface area contributed by atoms with Crippen molar-refractivity contribution >= 4 is 11.9 Å². The van der Waals surface area contributed by atoms with E-state index in [1.807, 2.05) is 12.1 Å². The number of benzene rings is 4. The van der Waals surface area contributed by atoms with Gasteiger partial charge in [-0.15, -0.1) is 0 Å². The van der Waals surface area contributed by atoms with Gasteiger partial charge in [0.25, 0.3) is 0 Å². The maximum Gasteiger partial charge on any atom is 0.343 e. The molecule has 14 nitrogen and oxygen atoms in total. The minimum absolute atomic E-state index is 0.0293. The second-order valence-electron chi connectivity index (χ2n) is 12.6. The average Bonchev–Trinajstić information content (AvgIpc) is 3.23. The fourth-order valence-electron chi connectivity index (χ4n) is 6.41. The largest absolute Gasteiger partial charge is 0.493 e. The van der Waals surface area contributed by atoms with Crippen LogP contribution in [-0.2, 0) is 12.8 Å². The third kappa shape index (κ3) is 10.3. The molecular formula is C42H50O14. The van der Waals surface area contributed by atoms with Gasteiger partial charge < -0.3 is 57.6 Å². The van der Waals surface area contributed by atoms with Gasteiger partial charge in [0.2, 0.25) is 11.5 Å². The number of hydrogen-bond donors (Lipinski definition) is 2. The summed E-state index contributed by atoms with van der Waals surface area (Å²) in [6.07, 6.45) is 1.97. The van der Waals surface area contributed by atoms with Crippen LogP contribution in [0.2, 0.25) is 0 Å². The first-order valence-corrected chi connectivity index (χ1v) is 17.7. The summed E-state index contributed by atoms with van der Waals surface area (Å²) in [6.45, 7) is -0.194. The van der Waals surface area contributed by atoms with Crippen LogP contribution in [0.15, 0.2) is 60.7 Å². The summed E-state index contributed by atoms with van der Waals surface area (Å²) in [4.78, 5) is 26.8. The third-order valence-electron chi connectivity index (χ3n) is 9.29. The first kappa shape index (κ1) is 42.9. The zero-order chi connectivity index (χ0) is 40.8. The van der Waals surface area contributed by atoms with Gasteiger partial charge in [-0.05, 0) is 97.2 Å². The summed E-state index contributed by atoms with van der Waals surface area (Å²) in [6, 6.07) is 16.5. The van der Waals surface area contributed by atoms with Crippen molar-refractivity contribution < 1.29 is 67.2 Å². The maximum atomic E-state index is 13.4. The van der Waals surface area contributed by atoms with Gasteiger partial charge in [-0.2, -0.15) is 0 Å². The highest BCUT2D eigenvalue weighted by atomic mass is 16.6. The minimum atomic E-state index is -0.680. The Hall–Kier alpha value is -5.86. The van der Waals surface area contributed by atoms with Gasteiger partial charge >= 0.3 is 11.9 Å². The monoisotopic (exact) mass is 778 g/mol. The van der Waals surface area contributed by atoms with Crippen molar-refractivity contribution in [2.45, 2.75) is 25.7 Å². The highest BCUT2D eigenvalue weighted by Crippen LogP contribution is 2.41. The van der Waals surface area contributed by atoms with Crippen molar-refractivity contribution in [2.24, 2.45) is 11.8 Å². The number of methoxy groups -OCH3 is 8. The Morgan fingerprint density at radius 2 is 0.857 bits per heavy atom. The van der Waals surface area contributed by atoms with Crippen LogP contribution in [-0.4, -0.2) is 92.2 Å². The van der Waals surface area contributed by atoms with Crippen molar-refractivity contribution in [3.63, 3.8) is 0 Å². The fourth-order valence-corrected chi connectivity index (χ4v) is 6.41. The van der Waals surface area contributed by atoms with E-state index in [1.165, 1.54) is 81.1 Å². The molecule has 0 heterocycles. The molecule has 0 aliphatic carbocycles. The zero-order valence-corrected chi connectivity index (χ0v) is 33.0. The molecule has 0 aliphatic heterocycles. The summed E-state index contributed by atoms with van der Waals surface area (Å²) < 4.78 is 55.0. The molecule has 0 bridgehead atoms. The van der Waals surface area contributed by atoms with E-state index >= 15 is 0 Å². The number of carbonyl (C=O) groups is 2. The van der Waals surface area contributed by atoms with E-state index in [2.05, 4.69) is 0 Å². The number of rotatable bonds is 21. The Labute approximate surface area is 326 Å². The molecule has 4 aromatic carbocycles. The Kier molecular flexibility index (Phi) is 15.9. The molecule has 2 atom stereocenters. The van der Waals surface area contributed by atoms with Gasteiger partial charge in [-0.1, -0.05) is 12.1 Å². The molecule has 0 aliphatic rings. The van der Waals surface area contributed by atoms with Crippen LogP contribution < -0.4 is 47.4 Å². The number of ether oxygens (including phenoxy) is 10. The molecule has 0 saturated heterocycles. The molecule has 0 saturated carbocycles. The number of hydrogen-bond acceptors (Lipinski definition) is 14. The van der Waals surface area contributed by atoms with Crippen molar-refractivity contribution in [3.05, 3.63) is 82.9 Å². The van der Waals surface area contributed by atoms with E-state index in [0.717, 1.165) is 11.1 Å². The molecular weight excluding hydrogens is 728 g/mol. The fraction of sp³-hybridized carbons (Fsp3) is 0.381. The average molecular weight is 779 g/mol. The maximum absolute atomic E-state index is 13.4. The standard InChI is InChI=1S/C42H50O14/c1-47-31-13-11-25(18-33(31)55-41(45)28-20-35(49-3)39(53-7)36(21-28)50-4)16-27(10-9-15-43)30(24-44)17-26-12-14-32(48-2)34(19-26)56-42(46)29-22-37(51-5)40(54-8)38(23-29)52-6/h11-14,18-23,27,30,43-44H,9-10,15-17,24H2,1-8H3/t27-,30+/m1/s1. The van der Waals surface area contributed by atoms with Crippen molar-refractivity contribution in [3.8, 4) is 57.5 Å². The second kappa shape index (κ2) is 20.7. The third-order valence-corrected chi connectivity index (χ3v) is 9.29. The first-order chi connectivity index (χ1) is 27.1. The van der Waals surface area contributed by atoms with E-state index in [9.17, 15) is 19.8 Å². The zero-order valence-electron chi connectivity index (χ0n) is 33.0. The SMILES string of the molecule is COc1ccc(C[C@@H](CO)[C@H](CCCO)Cc2ccc(OC)c(OC(=O)c3cc(OC)c(OC)c(OC)c3)c2)cc1OC(=O)c1cc(OC)c(OC)c(OC)c1. The number of carbonyl (C=O) groups excluding carboxylic acids is 2. The quantitative estimate of drug-likeness (QED) is 0.0750. The summed E-state index contributed by atoms with van der Waals surface area (Å²) in [5.41, 5.74) is 1.93. The molecule has 0 radical (unpaired) electrons. The topological polar surface area (TPSA) is 167 Å². The lowest BCUT2D eigenvalue weighted by Crippen LogP contribution is -2.24. The molecule has 4 rings (SSSR count). The lowest BCUT2D eigenvalue weighted by atomic mass is 9.80. The van der Waals surface area contributed by atoms with E-state index in [4.69, 9.17) is 47.4 Å². The molecule has 0 fully saturated rings. The Bertz CT molecular complexity index is 1890. The van der Waals surface area contributed by atoms with Gasteiger partial charge in [0.1, 0.15) is 0 Å². The Balaban J connectivity index is 1.59. The molecule has 56 heavy (non-hydrogen) atoms. The summed E-state index contributed by atoms with van der Waals surface area (Å²) in [7, 11) is 11.7. The van der Waals surface area contributed by atoms with Gasteiger partial charge in [0.15, 0.2) is 46.0 Å². The molecule has 302 valence electrons. The molecule has 0 unspecified atom stereocenters. The van der Waals surface area contributed by atoms with Crippen LogP contribution in [0.3, 0.4) is 0 Å². The minimum Gasteiger partial charge on any atom is -0.493 e. The van der Waals surface area contributed by atoms with E-state index < -0.39 is 11.9 Å². The lowest BCUT2D eigenvalue weighted by Gasteiger charge is -2.26. The van der Waals surface area contributed by atoms with Gasteiger partial charge in [-0.25, -0.2) is 9.59 Å². The predicted octanol–water partition coefficient (Wildman–Crippen LogP) is 5.98. The second-order valence-corrected chi connectivity index (χ2v) is 12.6. The summed E-state index contributed by atoms with van der Waals surface area (Å²) >= 11 is 0. The molecule has 4 aromatic rings. The van der Waals surface area contributed by atoms with E-state index in [1.54, 1.807) is 24.3 Å². The van der Waals surface area contributed by atoms with Crippen molar-refractivity contribution in [1.82, 2.24) is 0 Å². The molecule has 0 aromatic heterocycles. The van der Waals surface area contributed by atoms with Crippen LogP contribution in [0.4, 0.5) is 0 Å². The molecule has 0 spiro atoms. The summed E-state index contributed by atoms with van der Waals surface area (Å²) in [5.74, 6) is 1.13. The summed E-state index contributed by atoms with van der Waals surface area (Å²) in [5, 5.41) is 20.5. The predicted molar refractivity (Wildman–Crippen MR) is 206 cm³/mol. The Morgan fingerprint density at radius 3 is 1.18 bits per heavy atom. The van der Waals surface area contributed by atoms with E-state index in [-0.39, 0.29) is 47.7 Å². The van der Waals surface area contributed by atoms with Gasteiger partial charge in [-0.3, -0.25) is 0 Å². The van der Waals surface area contributed by atoms with Gasteiger partial charge in [0, 0.05) is 13.2 Å². The van der Waals surface area contributed by atoms with Crippen LogP contribution in [0.25, 0.3) is 0 Å². The highest BCUT2D eigenvalue weighted by Gasteiger charge is 2.25. The van der Waals surface area contributed by atoms with Crippen LogP contribution >= 0.6 is 0 Å². The molecule has 0 amide bonds. The number of aliphatic hydroxyl groups is 2. The number of aliphatic hydroxyl groups excluding tert-OH is 2. The van der Waals surface area contributed by atoms with E-state index in [0.29, 0.717) is 71.7 Å². The highest BCUT2D eigenvalue weighted by molar-refractivity contribution is 5.93. The van der Waals surface area contributed by atoms with Crippen LogP contribution in [0.5, 0.6) is 57.5 Å².